The Kier molecular flexibility index (Phi) is 10.1. The summed E-state index contributed by atoms with van der Waals surface area (Å²) in [7, 11) is 0. The molecule has 3 amide bonds. The third-order valence-corrected chi connectivity index (χ3v) is 6.60. The number of hydrogen-bond acceptors (Lipinski definition) is 7. The van der Waals surface area contributed by atoms with E-state index in [1.807, 2.05) is 26.0 Å². The number of thioether (sulfide) groups is 1. The van der Waals surface area contributed by atoms with Gasteiger partial charge >= 0.3 is 6.09 Å². The van der Waals surface area contributed by atoms with Crippen molar-refractivity contribution in [1.29, 1.82) is 5.26 Å². The summed E-state index contributed by atoms with van der Waals surface area (Å²) >= 11 is 1.51. The van der Waals surface area contributed by atoms with Crippen molar-refractivity contribution in [2.75, 3.05) is 30.3 Å². The number of amides is 3. The van der Waals surface area contributed by atoms with Crippen molar-refractivity contribution in [2.45, 2.75) is 63.7 Å². The predicted octanol–water partition coefficient (Wildman–Crippen LogP) is 3.79. The van der Waals surface area contributed by atoms with E-state index in [9.17, 15) is 19.6 Å². The predicted molar refractivity (Wildman–Crippen MR) is 134 cm³/mol. The van der Waals surface area contributed by atoms with Crippen LogP contribution in [0.25, 0.3) is 0 Å². The molecule has 0 saturated carbocycles. The van der Waals surface area contributed by atoms with Gasteiger partial charge in [0.05, 0.1) is 16.7 Å². The summed E-state index contributed by atoms with van der Waals surface area (Å²) in [6, 6.07) is 9.35. The standard InChI is InChI=1S/C24H35N5O4S/c1-6-26-21(30)16(15-25)13-20-29(7-2)22(31)19(34-20)11-12-27-17-9-8-10-18(14-17)28-23(32)33-24(3,4)5/h8-10,14,16,19-20,27H,6-7,11-13H2,1-5H3,(H,26,30)(H,28,32). The van der Waals surface area contributed by atoms with Crippen molar-refractivity contribution < 1.29 is 19.1 Å². The molecule has 1 aliphatic rings. The zero-order valence-corrected chi connectivity index (χ0v) is 21.3. The molecule has 9 nitrogen and oxygen atoms in total. The number of nitrogens with one attached hydrogen (secondary N) is 3. The first-order chi connectivity index (χ1) is 16.1. The molecule has 0 aliphatic carbocycles. The van der Waals surface area contributed by atoms with Gasteiger partial charge in [0.1, 0.15) is 11.5 Å². The van der Waals surface area contributed by atoms with Crippen molar-refractivity contribution in [3.63, 3.8) is 0 Å². The minimum Gasteiger partial charge on any atom is -0.444 e. The van der Waals surface area contributed by atoms with E-state index in [1.165, 1.54) is 11.8 Å². The first-order valence-corrected chi connectivity index (χ1v) is 12.5. The lowest BCUT2D eigenvalue weighted by molar-refractivity contribution is -0.131. The largest absolute Gasteiger partial charge is 0.444 e. The molecular formula is C24H35N5O4S. The molecule has 3 N–H and O–H groups in total. The average Bonchev–Trinajstić information content (AvgIpc) is 3.05. The second kappa shape index (κ2) is 12.5. The molecule has 1 aromatic rings. The Labute approximate surface area is 206 Å². The van der Waals surface area contributed by atoms with E-state index in [2.05, 4.69) is 22.0 Å². The maximum atomic E-state index is 12.9. The molecule has 1 saturated heterocycles. The lowest BCUT2D eigenvalue weighted by atomic mass is 10.1. The monoisotopic (exact) mass is 489 g/mol. The van der Waals surface area contributed by atoms with E-state index >= 15 is 0 Å². The molecule has 1 aromatic carbocycles. The fourth-order valence-corrected chi connectivity index (χ4v) is 5.16. The zero-order chi connectivity index (χ0) is 25.3. The molecule has 0 spiro atoms. The summed E-state index contributed by atoms with van der Waals surface area (Å²) < 4.78 is 5.28. The van der Waals surface area contributed by atoms with Crippen molar-refractivity contribution in [1.82, 2.24) is 10.2 Å². The molecule has 186 valence electrons. The van der Waals surface area contributed by atoms with Crippen LogP contribution < -0.4 is 16.0 Å². The van der Waals surface area contributed by atoms with Gasteiger partial charge in [-0.2, -0.15) is 5.26 Å². The maximum Gasteiger partial charge on any atom is 0.412 e. The summed E-state index contributed by atoms with van der Waals surface area (Å²) in [5.41, 5.74) is 0.840. The van der Waals surface area contributed by atoms with E-state index < -0.39 is 17.6 Å². The molecule has 10 heteroatoms. The van der Waals surface area contributed by atoms with Crippen LogP contribution in [0.1, 0.15) is 47.5 Å². The van der Waals surface area contributed by atoms with Crippen molar-refractivity contribution in [2.24, 2.45) is 5.92 Å². The molecule has 2 rings (SSSR count). The van der Waals surface area contributed by atoms with Crippen LogP contribution in [0.2, 0.25) is 0 Å². The third kappa shape index (κ3) is 8.13. The normalized spacial score (nSPS) is 18.7. The van der Waals surface area contributed by atoms with Crippen LogP contribution >= 0.6 is 11.8 Å². The van der Waals surface area contributed by atoms with Gasteiger partial charge in [-0.15, -0.1) is 11.8 Å². The van der Waals surface area contributed by atoms with Gasteiger partial charge < -0.3 is 20.3 Å². The van der Waals surface area contributed by atoms with Gasteiger partial charge in [-0.05, 0) is 59.2 Å². The highest BCUT2D eigenvalue weighted by molar-refractivity contribution is 8.01. The number of anilines is 2. The van der Waals surface area contributed by atoms with Crippen molar-refractivity contribution in [3.8, 4) is 6.07 Å². The van der Waals surface area contributed by atoms with Gasteiger partial charge in [0.15, 0.2) is 0 Å². The number of carbonyl (C=O) groups is 3. The summed E-state index contributed by atoms with van der Waals surface area (Å²) in [4.78, 5) is 38.7. The first kappa shape index (κ1) is 27.3. The van der Waals surface area contributed by atoms with Crippen LogP contribution in [0.5, 0.6) is 0 Å². The molecule has 0 bridgehead atoms. The number of hydrogen-bond donors (Lipinski definition) is 3. The highest BCUT2D eigenvalue weighted by atomic mass is 32.2. The summed E-state index contributed by atoms with van der Waals surface area (Å²) in [6.45, 7) is 10.7. The highest BCUT2D eigenvalue weighted by Gasteiger charge is 2.40. The lowest BCUT2D eigenvalue weighted by Gasteiger charge is -2.23. The number of nitrogens with zero attached hydrogens (tertiary/aromatic N) is 2. The van der Waals surface area contributed by atoms with Crippen molar-refractivity contribution >= 4 is 41.0 Å². The Hall–Kier alpha value is -2.93. The fourth-order valence-electron chi connectivity index (χ4n) is 3.58. The van der Waals surface area contributed by atoms with Gasteiger partial charge in [0.25, 0.3) is 0 Å². The Balaban J connectivity index is 1.91. The molecule has 0 radical (unpaired) electrons. The van der Waals surface area contributed by atoms with E-state index in [4.69, 9.17) is 4.74 Å². The summed E-state index contributed by atoms with van der Waals surface area (Å²) in [6.07, 6.45) is 0.389. The van der Waals surface area contributed by atoms with Gasteiger partial charge in [-0.3, -0.25) is 14.9 Å². The first-order valence-electron chi connectivity index (χ1n) is 11.5. The SMILES string of the molecule is CCNC(=O)C(C#N)CC1SC(CCNc2cccc(NC(=O)OC(C)(C)C)c2)C(=O)N1CC. The fraction of sp³-hybridized carbons (Fsp3) is 0.583. The van der Waals surface area contributed by atoms with E-state index in [1.54, 1.807) is 37.8 Å². The Bertz CT molecular complexity index is 911. The smallest absolute Gasteiger partial charge is 0.412 e. The zero-order valence-electron chi connectivity index (χ0n) is 20.5. The van der Waals surface area contributed by atoms with Crippen molar-refractivity contribution in [3.05, 3.63) is 24.3 Å². The average molecular weight is 490 g/mol. The molecule has 0 aromatic heterocycles. The summed E-state index contributed by atoms with van der Waals surface area (Å²) in [5, 5.41) is 17.7. The molecule has 3 unspecified atom stereocenters. The van der Waals surface area contributed by atoms with E-state index in [-0.39, 0.29) is 22.4 Å². The highest BCUT2D eigenvalue weighted by Crippen LogP contribution is 2.37. The van der Waals surface area contributed by atoms with Crippen LogP contribution in [0, 0.1) is 17.2 Å². The third-order valence-electron chi connectivity index (χ3n) is 5.07. The number of nitriles is 1. The molecule has 3 atom stereocenters. The minimum absolute atomic E-state index is 0.0345. The maximum absolute atomic E-state index is 12.9. The van der Waals surface area contributed by atoms with Crippen LogP contribution in [0.15, 0.2) is 24.3 Å². The second-order valence-electron chi connectivity index (χ2n) is 8.94. The van der Waals surface area contributed by atoms with Gasteiger partial charge in [0.2, 0.25) is 11.8 Å². The molecule has 1 aliphatic heterocycles. The Morgan fingerprint density at radius 2 is 1.97 bits per heavy atom. The molecule has 1 heterocycles. The van der Waals surface area contributed by atoms with Crippen LogP contribution in [0.4, 0.5) is 16.2 Å². The van der Waals surface area contributed by atoms with E-state index in [0.29, 0.717) is 38.2 Å². The van der Waals surface area contributed by atoms with Crippen LogP contribution in [0.3, 0.4) is 0 Å². The molecular weight excluding hydrogens is 454 g/mol. The van der Waals surface area contributed by atoms with Crippen LogP contribution in [-0.2, 0) is 14.3 Å². The Morgan fingerprint density at radius 3 is 2.59 bits per heavy atom. The lowest BCUT2D eigenvalue weighted by Crippen LogP contribution is -2.38. The number of ether oxygens (including phenoxy) is 1. The quantitative estimate of drug-likeness (QED) is 0.457. The number of rotatable bonds is 10. The number of benzene rings is 1. The number of carbonyl (C=O) groups excluding carboxylic acids is 3. The van der Waals surface area contributed by atoms with Gasteiger partial charge in [0, 0.05) is 37.4 Å². The summed E-state index contributed by atoms with van der Waals surface area (Å²) in [5.74, 6) is -1.04. The molecule has 34 heavy (non-hydrogen) atoms. The van der Waals surface area contributed by atoms with Gasteiger partial charge in [-0.25, -0.2) is 4.79 Å². The topological polar surface area (TPSA) is 124 Å². The van der Waals surface area contributed by atoms with E-state index in [0.717, 1.165) is 5.69 Å². The van der Waals surface area contributed by atoms with Crippen LogP contribution in [-0.4, -0.2) is 58.7 Å². The Morgan fingerprint density at radius 1 is 1.26 bits per heavy atom. The minimum atomic E-state index is -0.781. The second-order valence-corrected chi connectivity index (χ2v) is 10.3. The van der Waals surface area contributed by atoms with Gasteiger partial charge in [-0.1, -0.05) is 6.07 Å². The molecule has 1 fully saturated rings.